The monoisotopic (exact) mass is 208 g/mol. The number of hydrogen-bond donors (Lipinski definition) is 2. The third-order valence-electron chi connectivity index (χ3n) is 1.75. The largest absolute Gasteiger partial charge is 0.481 e. The predicted octanol–water partition coefficient (Wildman–Crippen LogP) is 0.215. The van der Waals surface area contributed by atoms with Gasteiger partial charge in [-0.25, -0.2) is 0 Å². The van der Waals surface area contributed by atoms with Crippen LogP contribution in [-0.2, 0) is 16.0 Å². The van der Waals surface area contributed by atoms with Gasteiger partial charge in [0.1, 0.15) is 0 Å². The van der Waals surface area contributed by atoms with E-state index in [1.54, 1.807) is 24.5 Å². The molecular weight excluding hydrogens is 196 g/mol. The van der Waals surface area contributed by atoms with Crippen molar-refractivity contribution in [3.63, 3.8) is 0 Å². The van der Waals surface area contributed by atoms with Gasteiger partial charge < -0.3 is 10.4 Å². The molecule has 0 aromatic carbocycles. The van der Waals surface area contributed by atoms with Gasteiger partial charge in [-0.1, -0.05) is 6.07 Å². The number of carboxylic acid groups (broad SMARTS) is 1. The summed E-state index contributed by atoms with van der Waals surface area (Å²) in [6, 6.07) is 3.55. The fraction of sp³-hybridized carbons (Fsp3) is 0.300. The van der Waals surface area contributed by atoms with E-state index in [-0.39, 0.29) is 25.3 Å². The van der Waals surface area contributed by atoms with Gasteiger partial charge in [-0.2, -0.15) is 0 Å². The highest BCUT2D eigenvalue weighted by Gasteiger charge is 2.03. The fourth-order valence-corrected chi connectivity index (χ4v) is 1.06. The van der Waals surface area contributed by atoms with Gasteiger partial charge in [-0.15, -0.1) is 0 Å². The van der Waals surface area contributed by atoms with Crippen molar-refractivity contribution < 1.29 is 14.7 Å². The van der Waals surface area contributed by atoms with E-state index in [1.807, 2.05) is 0 Å². The molecule has 0 bridgehead atoms. The molecule has 1 heterocycles. The Balaban J connectivity index is 2.28. The van der Waals surface area contributed by atoms with Gasteiger partial charge in [0.05, 0.1) is 12.8 Å². The Morgan fingerprint density at radius 3 is 2.87 bits per heavy atom. The molecule has 0 aliphatic carbocycles. The number of rotatable bonds is 5. The van der Waals surface area contributed by atoms with Gasteiger partial charge in [-0.05, 0) is 11.6 Å². The average Bonchev–Trinajstić information content (AvgIpc) is 2.18. The molecule has 1 aromatic heterocycles. The molecule has 5 nitrogen and oxygen atoms in total. The minimum absolute atomic E-state index is 0.0568. The second kappa shape index (κ2) is 5.74. The van der Waals surface area contributed by atoms with Crippen molar-refractivity contribution >= 4 is 11.9 Å². The summed E-state index contributed by atoms with van der Waals surface area (Å²) < 4.78 is 0. The highest BCUT2D eigenvalue weighted by atomic mass is 16.4. The normalized spacial score (nSPS) is 9.60. The van der Waals surface area contributed by atoms with Crippen LogP contribution in [-0.4, -0.2) is 28.5 Å². The average molecular weight is 208 g/mol. The maximum Gasteiger partial charge on any atom is 0.305 e. The zero-order chi connectivity index (χ0) is 11.1. The maximum absolute atomic E-state index is 11.3. The van der Waals surface area contributed by atoms with Crippen LogP contribution in [0.4, 0.5) is 0 Å². The molecule has 1 amide bonds. The Labute approximate surface area is 87.1 Å². The van der Waals surface area contributed by atoms with Crippen LogP contribution in [0, 0.1) is 0 Å². The zero-order valence-electron chi connectivity index (χ0n) is 8.14. The van der Waals surface area contributed by atoms with Crippen LogP contribution in [0.5, 0.6) is 0 Å². The van der Waals surface area contributed by atoms with E-state index >= 15 is 0 Å². The lowest BCUT2D eigenvalue weighted by Gasteiger charge is -2.02. The van der Waals surface area contributed by atoms with Crippen LogP contribution in [0.3, 0.4) is 0 Å². The van der Waals surface area contributed by atoms with Gasteiger partial charge in [0.2, 0.25) is 5.91 Å². The van der Waals surface area contributed by atoms with Crippen molar-refractivity contribution in [2.24, 2.45) is 0 Å². The molecular formula is C10H12N2O3. The molecule has 0 unspecified atom stereocenters. The lowest BCUT2D eigenvalue weighted by Crippen LogP contribution is -2.27. The van der Waals surface area contributed by atoms with Gasteiger partial charge in [-0.3, -0.25) is 14.6 Å². The zero-order valence-corrected chi connectivity index (χ0v) is 8.14. The Morgan fingerprint density at radius 2 is 2.27 bits per heavy atom. The van der Waals surface area contributed by atoms with E-state index in [1.165, 1.54) is 0 Å². The predicted molar refractivity (Wildman–Crippen MR) is 53.2 cm³/mol. The molecule has 1 rings (SSSR count). The summed E-state index contributed by atoms with van der Waals surface area (Å²) in [5.74, 6) is -1.11. The topological polar surface area (TPSA) is 79.3 Å². The van der Waals surface area contributed by atoms with Crippen LogP contribution in [0.25, 0.3) is 0 Å². The molecule has 0 saturated carbocycles. The Kier molecular flexibility index (Phi) is 4.28. The Hall–Kier alpha value is -1.91. The molecule has 0 radical (unpaired) electrons. The van der Waals surface area contributed by atoms with Crippen molar-refractivity contribution in [1.82, 2.24) is 10.3 Å². The van der Waals surface area contributed by atoms with E-state index in [2.05, 4.69) is 10.3 Å². The van der Waals surface area contributed by atoms with Crippen LogP contribution >= 0.6 is 0 Å². The smallest absolute Gasteiger partial charge is 0.305 e. The van der Waals surface area contributed by atoms with Gasteiger partial charge >= 0.3 is 5.97 Å². The summed E-state index contributed by atoms with van der Waals surface area (Å²) in [6.07, 6.45) is 3.41. The van der Waals surface area contributed by atoms with Crippen LogP contribution in [0.15, 0.2) is 24.5 Å². The minimum Gasteiger partial charge on any atom is -0.481 e. The standard InChI is InChI=1S/C10H12N2O3/c13-9(12-5-3-10(14)15)6-8-2-1-4-11-7-8/h1-2,4,7H,3,5-6H2,(H,12,13)(H,14,15). The summed E-state index contributed by atoms with van der Waals surface area (Å²) in [5.41, 5.74) is 0.810. The molecule has 5 heteroatoms. The lowest BCUT2D eigenvalue weighted by molar-refractivity contribution is -0.136. The molecule has 0 saturated heterocycles. The summed E-state index contributed by atoms with van der Waals surface area (Å²) in [7, 11) is 0. The molecule has 0 fully saturated rings. The molecule has 0 atom stereocenters. The Bertz CT molecular complexity index is 338. The van der Waals surface area contributed by atoms with Gasteiger partial charge in [0, 0.05) is 18.9 Å². The SMILES string of the molecule is O=C(O)CCNC(=O)Cc1cccnc1. The lowest BCUT2D eigenvalue weighted by atomic mass is 10.2. The van der Waals surface area contributed by atoms with Crippen molar-refractivity contribution in [2.75, 3.05) is 6.54 Å². The number of nitrogens with zero attached hydrogens (tertiary/aromatic N) is 1. The third-order valence-corrected chi connectivity index (χ3v) is 1.75. The van der Waals surface area contributed by atoms with E-state index in [0.29, 0.717) is 0 Å². The summed E-state index contributed by atoms with van der Waals surface area (Å²) in [5, 5.41) is 10.9. The maximum atomic E-state index is 11.3. The summed E-state index contributed by atoms with van der Waals surface area (Å²) >= 11 is 0. The molecule has 1 aromatic rings. The first-order valence-electron chi connectivity index (χ1n) is 4.56. The third kappa shape index (κ3) is 4.75. The molecule has 0 spiro atoms. The van der Waals surface area contributed by atoms with Crippen LogP contribution < -0.4 is 5.32 Å². The molecule has 2 N–H and O–H groups in total. The minimum atomic E-state index is -0.920. The van der Waals surface area contributed by atoms with Crippen LogP contribution in [0.2, 0.25) is 0 Å². The van der Waals surface area contributed by atoms with Crippen molar-refractivity contribution in [3.05, 3.63) is 30.1 Å². The highest BCUT2D eigenvalue weighted by molar-refractivity contribution is 5.79. The van der Waals surface area contributed by atoms with E-state index in [4.69, 9.17) is 5.11 Å². The quantitative estimate of drug-likeness (QED) is 0.725. The first kappa shape index (κ1) is 11.2. The molecule has 0 aliphatic heterocycles. The van der Waals surface area contributed by atoms with Crippen molar-refractivity contribution in [2.45, 2.75) is 12.8 Å². The van der Waals surface area contributed by atoms with Gasteiger partial charge in [0.15, 0.2) is 0 Å². The van der Waals surface area contributed by atoms with Crippen LogP contribution in [0.1, 0.15) is 12.0 Å². The fourth-order valence-electron chi connectivity index (χ4n) is 1.06. The number of nitrogens with one attached hydrogen (secondary N) is 1. The van der Waals surface area contributed by atoms with E-state index < -0.39 is 5.97 Å². The molecule has 0 aliphatic rings. The first-order valence-corrected chi connectivity index (χ1v) is 4.56. The second-order valence-electron chi connectivity index (χ2n) is 3.03. The number of carbonyl (C=O) groups is 2. The molecule has 15 heavy (non-hydrogen) atoms. The summed E-state index contributed by atoms with van der Waals surface area (Å²) in [6.45, 7) is 0.161. The number of aliphatic carboxylic acids is 1. The van der Waals surface area contributed by atoms with Crippen molar-refractivity contribution in [1.29, 1.82) is 0 Å². The number of hydrogen-bond acceptors (Lipinski definition) is 3. The second-order valence-corrected chi connectivity index (χ2v) is 3.03. The van der Waals surface area contributed by atoms with Gasteiger partial charge in [0.25, 0.3) is 0 Å². The number of aromatic nitrogens is 1. The number of pyridine rings is 1. The number of carbonyl (C=O) groups excluding carboxylic acids is 1. The number of carboxylic acids is 1. The van der Waals surface area contributed by atoms with E-state index in [9.17, 15) is 9.59 Å². The molecule has 80 valence electrons. The van der Waals surface area contributed by atoms with E-state index in [0.717, 1.165) is 5.56 Å². The summed E-state index contributed by atoms with van der Waals surface area (Å²) in [4.78, 5) is 25.3. The Morgan fingerprint density at radius 1 is 1.47 bits per heavy atom. The highest BCUT2D eigenvalue weighted by Crippen LogP contribution is 1.96. The number of amides is 1. The van der Waals surface area contributed by atoms with Crippen molar-refractivity contribution in [3.8, 4) is 0 Å². The first-order chi connectivity index (χ1) is 7.18.